The van der Waals surface area contributed by atoms with E-state index < -0.39 is 0 Å². The first-order valence-corrected chi connectivity index (χ1v) is 8.90. The summed E-state index contributed by atoms with van der Waals surface area (Å²) in [6.07, 6.45) is 2.30. The van der Waals surface area contributed by atoms with Gasteiger partial charge >= 0.3 is 0 Å². The minimum Gasteiger partial charge on any atom is -0.493 e. The van der Waals surface area contributed by atoms with E-state index in [4.69, 9.17) is 9.47 Å². The third-order valence-electron chi connectivity index (χ3n) is 4.57. The summed E-state index contributed by atoms with van der Waals surface area (Å²) in [5.74, 6) is 1.36. The van der Waals surface area contributed by atoms with Gasteiger partial charge in [0.2, 0.25) is 0 Å². The van der Waals surface area contributed by atoms with E-state index in [2.05, 4.69) is 11.0 Å². The zero-order chi connectivity index (χ0) is 17.8. The Morgan fingerprint density at radius 3 is 2.72 bits per heavy atom. The Kier molecular flexibility index (Phi) is 5.59. The van der Waals surface area contributed by atoms with Gasteiger partial charge in [-0.1, -0.05) is 18.2 Å². The van der Waals surface area contributed by atoms with Gasteiger partial charge in [-0.25, -0.2) is 4.39 Å². The highest BCUT2D eigenvalue weighted by Crippen LogP contribution is 2.35. The van der Waals surface area contributed by atoms with E-state index in [-0.39, 0.29) is 18.0 Å². The molecule has 1 unspecified atom stereocenters. The van der Waals surface area contributed by atoms with Crippen LogP contribution in [-0.2, 0) is 6.54 Å². The Morgan fingerprint density at radius 1 is 1.16 bits per heavy atom. The third kappa shape index (κ3) is 4.31. The van der Waals surface area contributed by atoms with Crippen LogP contribution in [0.15, 0.2) is 42.5 Å². The van der Waals surface area contributed by atoms with Crippen molar-refractivity contribution in [3.05, 3.63) is 59.4 Å². The number of rotatable bonds is 6. The van der Waals surface area contributed by atoms with Crippen LogP contribution in [0.5, 0.6) is 11.5 Å². The SMILES string of the molecule is COc1cc(CN2CCCC2c2cccc(F)c2)ccc1OC(C)C. The van der Waals surface area contributed by atoms with Gasteiger partial charge in [0.1, 0.15) is 5.82 Å². The van der Waals surface area contributed by atoms with Crippen LogP contribution in [0.1, 0.15) is 43.9 Å². The van der Waals surface area contributed by atoms with Crippen LogP contribution in [0.25, 0.3) is 0 Å². The van der Waals surface area contributed by atoms with Crippen LogP contribution in [0.3, 0.4) is 0 Å². The first-order valence-electron chi connectivity index (χ1n) is 8.90. The lowest BCUT2D eigenvalue weighted by Crippen LogP contribution is -2.22. The van der Waals surface area contributed by atoms with Crippen molar-refractivity contribution in [2.45, 2.75) is 45.4 Å². The highest BCUT2D eigenvalue weighted by atomic mass is 19.1. The molecule has 2 aromatic carbocycles. The van der Waals surface area contributed by atoms with E-state index in [1.165, 1.54) is 11.6 Å². The molecular formula is C21H26FNO2. The van der Waals surface area contributed by atoms with Crippen molar-refractivity contribution in [2.24, 2.45) is 0 Å². The molecule has 0 radical (unpaired) electrons. The van der Waals surface area contributed by atoms with Crippen LogP contribution in [0.2, 0.25) is 0 Å². The minimum absolute atomic E-state index is 0.107. The van der Waals surface area contributed by atoms with E-state index in [9.17, 15) is 4.39 Å². The maximum Gasteiger partial charge on any atom is 0.161 e. The molecule has 1 fully saturated rings. The summed E-state index contributed by atoms with van der Waals surface area (Å²) in [6.45, 7) is 5.84. The quantitative estimate of drug-likeness (QED) is 0.740. The van der Waals surface area contributed by atoms with Gasteiger partial charge in [0.25, 0.3) is 0 Å². The van der Waals surface area contributed by atoms with Crippen LogP contribution in [0, 0.1) is 5.82 Å². The fourth-order valence-electron chi connectivity index (χ4n) is 3.50. The molecule has 0 aromatic heterocycles. The third-order valence-corrected chi connectivity index (χ3v) is 4.57. The van der Waals surface area contributed by atoms with Gasteiger partial charge in [0.05, 0.1) is 13.2 Å². The van der Waals surface area contributed by atoms with E-state index in [0.29, 0.717) is 0 Å². The standard InChI is InChI=1S/C21H26FNO2/c1-15(2)25-20-10-9-16(12-21(20)24-3)14-23-11-5-8-19(23)17-6-4-7-18(22)13-17/h4,6-7,9-10,12-13,15,19H,5,8,11,14H2,1-3H3. The summed E-state index contributed by atoms with van der Waals surface area (Å²) < 4.78 is 24.8. The number of halogens is 1. The van der Waals surface area contributed by atoms with Gasteiger partial charge in [-0.3, -0.25) is 4.90 Å². The Bertz CT molecular complexity index is 717. The Morgan fingerprint density at radius 2 is 2.00 bits per heavy atom. The summed E-state index contributed by atoms with van der Waals surface area (Å²) in [5, 5.41) is 0. The zero-order valence-corrected chi connectivity index (χ0v) is 15.2. The van der Waals surface area contributed by atoms with Crippen molar-refractivity contribution >= 4 is 0 Å². The maximum atomic E-state index is 13.6. The maximum absolute atomic E-state index is 13.6. The summed E-state index contributed by atoms with van der Waals surface area (Å²) >= 11 is 0. The van der Waals surface area contributed by atoms with E-state index in [1.807, 2.05) is 32.0 Å². The molecule has 0 spiro atoms. The van der Waals surface area contributed by atoms with Gasteiger partial charge in [-0.05, 0) is 68.6 Å². The molecule has 0 aliphatic carbocycles. The number of ether oxygens (including phenoxy) is 2. The zero-order valence-electron chi connectivity index (χ0n) is 15.2. The molecule has 2 aromatic rings. The monoisotopic (exact) mass is 343 g/mol. The molecule has 1 atom stereocenters. The Balaban J connectivity index is 1.77. The molecule has 1 aliphatic heterocycles. The largest absolute Gasteiger partial charge is 0.493 e. The summed E-state index contributed by atoms with van der Waals surface area (Å²) in [7, 11) is 1.66. The van der Waals surface area contributed by atoms with E-state index in [0.717, 1.165) is 43.0 Å². The van der Waals surface area contributed by atoms with Gasteiger partial charge in [-0.2, -0.15) is 0 Å². The van der Waals surface area contributed by atoms with E-state index >= 15 is 0 Å². The second-order valence-corrected chi connectivity index (χ2v) is 6.84. The lowest BCUT2D eigenvalue weighted by atomic mass is 10.0. The highest BCUT2D eigenvalue weighted by Gasteiger charge is 2.26. The minimum atomic E-state index is -0.166. The van der Waals surface area contributed by atoms with Crippen LogP contribution in [-0.4, -0.2) is 24.7 Å². The lowest BCUT2D eigenvalue weighted by Gasteiger charge is -2.25. The average molecular weight is 343 g/mol. The number of methoxy groups -OCH3 is 1. The molecule has 4 heteroatoms. The average Bonchev–Trinajstić information content (AvgIpc) is 3.04. The predicted molar refractivity (Wildman–Crippen MR) is 97.5 cm³/mol. The molecule has 0 amide bonds. The van der Waals surface area contributed by atoms with Crippen LogP contribution in [0.4, 0.5) is 4.39 Å². The van der Waals surface area contributed by atoms with Crippen molar-refractivity contribution in [3.8, 4) is 11.5 Å². The predicted octanol–water partition coefficient (Wildman–Crippen LogP) is 4.96. The first-order chi connectivity index (χ1) is 12.1. The number of likely N-dealkylation sites (tertiary alicyclic amines) is 1. The summed E-state index contributed by atoms with van der Waals surface area (Å²) in [5.41, 5.74) is 2.24. The molecule has 25 heavy (non-hydrogen) atoms. The van der Waals surface area contributed by atoms with Crippen LogP contribution >= 0.6 is 0 Å². The fourth-order valence-corrected chi connectivity index (χ4v) is 3.50. The molecule has 3 rings (SSSR count). The Labute approximate surface area is 149 Å². The van der Waals surface area contributed by atoms with Crippen molar-refractivity contribution in [1.82, 2.24) is 4.90 Å². The van der Waals surface area contributed by atoms with Gasteiger partial charge in [-0.15, -0.1) is 0 Å². The molecule has 134 valence electrons. The molecule has 1 aliphatic rings. The van der Waals surface area contributed by atoms with E-state index in [1.54, 1.807) is 19.2 Å². The van der Waals surface area contributed by atoms with Gasteiger partial charge in [0.15, 0.2) is 11.5 Å². The second-order valence-electron chi connectivity index (χ2n) is 6.84. The number of hydrogen-bond donors (Lipinski definition) is 0. The van der Waals surface area contributed by atoms with Crippen molar-refractivity contribution in [2.75, 3.05) is 13.7 Å². The second kappa shape index (κ2) is 7.87. The normalized spacial score (nSPS) is 17.9. The molecule has 0 bridgehead atoms. The molecule has 3 nitrogen and oxygen atoms in total. The van der Waals surface area contributed by atoms with Crippen molar-refractivity contribution in [1.29, 1.82) is 0 Å². The Hall–Kier alpha value is -2.07. The number of benzene rings is 2. The van der Waals surface area contributed by atoms with Crippen molar-refractivity contribution < 1.29 is 13.9 Å². The molecule has 1 heterocycles. The number of nitrogens with zero attached hydrogens (tertiary/aromatic N) is 1. The molecule has 0 saturated carbocycles. The first kappa shape index (κ1) is 17.7. The summed E-state index contributed by atoms with van der Waals surface area (Å²) in [6, 6.07) is 13.3. The summed E-state index contributed by atoms with van der Waals surface area (Å²) in [4.78, 5) is 2.41. The van der Waals surface area contributed by atoms with Crippen LogP contribution < -0.4 is 9.47 Å². The molecule has 1 saturated heterocycles. The fraction of sp³-hybridized carbons (Fsp3) is 0.429. The number of hydrogen-bond acceptors (Lipinski definition) is 3. The molecule has 0 N–H and O–H groups in total. The smallest absolute Gasteiger partial charge is 0.161 e. The van der Waals surface area contributed by atoms with Gasteiger partial charge < -0.3 is 9.47 Å². The lowest BCUT2D eigenvalue weighted by molar-refractivity contribution is 0.228. The van der Waals surface area contributed by atoms with Gasteiger partial charge in [0, 0.05) is 12.6 Å². The topological polar surface area (TPSA) is 21.7 Å². The highest BCUT2D eigenvalue weighted by molar-refractivity contribution is 5.43. The molecular weight excluding hydrogens is 317 g/mol. The van der Waals surface area contributed by atoms with Crippen molar-refractivity contribution in [3.63, 3.8) is 0 Å².